The standard InChI is InChI=1S/C9H14N2O/c1-11-6-3-2-4-8(11)9-10-5-7-12-9/h5,7-8H,2-4,6H2,1H3. The van der Waals surface area contributed by atoms with E-state index in [1.807, 2.05) is 0 Å². The van der Waals surface area contributed by atoms with E-state index >= 15 is 0 Å². The molecule has 2 heterocycles. The van der Waals surface area contributed by atoms with Crippen molar-refractivity contribution >= 4 is 0 Å². The lowest BCUT2D eigenvalue weighted by Gasteiger charge is -2.29. The minimum absolute atomic E-state index is 0.411. The first-order valence-corrected chi connectivity index (χ1v) is 4.47. The predicted molar refractivity (Wildman–Crippen MR) is 45.7 cm³/mol. The molecule has 1 aliphatic heterocycles. The van der Waals surface area contributed by atoms with Gasteiger partial charge in [-0.2, -0.15) is 0 Å². The average molecular weight is 166 g/mol. The lowest BCUT2D eigenvalue weighted by Crippen LogP contribution is -2.29. The van der Waals surface area contributed by atoms with Crippen LogP contribution in [0.3, 0.4) is 0 Å². The molecular weight excluding hydrogens is 152 g/mol. The van der Waals surface area contributed by atoms with Gasteiger partial charge in [0.1, 0.15) is 6.26 Å². The number of piperidine rings is 1. The molecule has 12 heavy (non-hydrogen) atoms. The molecule has 0 bridgehead atoms. The zero-order valence-electron chi connectivity index (χ0n) is 7.36. The lowest BCUT2D eigenvalue weighted by atomic mass is 10.0. The molecule has 0 aromatic carbocycles. The van der Waals surface area contributed by atoms with Gasteiger partial charge in [-0.05, 0) is 26.4 Å². The van der Waals surface area contributed by atoms with Gasteiger partial charge in [-0.1, -0.05) is 6.42 Å². The first kappa shape index (κ1) is 7.80. The van der Waals surface area contributed by atoms with E-state index in [9.17, 15) is 0 Å². The number of aromatic nitrogens is 1. The smallest absolute Gasteiger partial charge is 0.211 e. The Hall–Kier alpha value is -0.830. The highest BCUT2D eigenvalue weighted by Crippen LogP contribution is 2.27. The van der Waals surface area contributed by atoms with Crippen LogP contribution in [-0.4, -0.2) is 23.5 Å². The van der Waals surface area contributed by atoms with Crippen LogP contribution in [0.25, 0.3) is 0 Å². The predicted octanol–water partition coefficient (Wildman–Crippen LogP) is 1.83. The Morgan fingerprint density at radius 1 is 1.58 bits per heavy atom. The molecule has 0 amide bonds. The van der Waals surface area contributed by atoms with E-state index in [4.69, 9.17) is 4.42 Å². The molecule has 0 N–H and O–H groups in total. The largest absolute Gasteiger partial charge is 0.447 e. The molecule has 3 nitrogen and oxygen atoms in total. The van der Waals surface area contributed by atoms with E-state index in [-0.39, 0.29) is 0 Å². The molecule has 1 aromatic heterocycles. The van der Waals surface area contributed by atoms with Gasteiger partial charge in [-0.25, -0.2) is 4.98 Å². The monoisotopic (exact) mass is 166 g/mol. The fourth-order valence-corrected chi connectivity index (χ4v) is 1.79. The third kappa shape index (κ3) is 1.37. The summed E-state index contributed by atoms with van der Waals surface area (Å²) in [6.07, 6.45) is 7.14. The number of nitrogens with zero attached hydrogens (tertiary/aromatic N) is 2. The van der Waals surface area contributed by atoms with Gasteiger partial charge >= 0.3 is 0 Å². The average Bonchev–Trinajstić information content (AvgIpc) is 2.57. The molecule has 0 radical (unpaired) electrons. The van der Waals surface area contributed by atoms with Crippen molar-refractivity contribution in [3.8, 4) is 0 Å². The highest BCUT2D eigenvalue weighted by atomic mass is 16.3. The molecule has 3 heteroatoms. The Morgan fingerprint density at radius 2 is 2.50 bits per heavy atom. The quantitative estimate of drug-likeness (QED) is 0.637. The maximum absolute atomic E-state index is 5.29. The summed E-state index contributed by atoms with van der Waals surface area (Å²) in [5, 5.41) is 0. The van der Waals surface area contributed by atoms with Crippen LogP contribution >= 0.6 is 0 Å². The van der Waals surface area contributed by atoms with Crippen LogP contribution in [0.15, 0.2) is 16.9 Å². The zero-order chi connectivity index (χ0) is 8.39. The molecule has 66 valence electrons. The number of hydrogen-bond donors (Lipinski definition) is 0. The van der Waals surface area contributed by atoms with Crippen molar-refractivity contribution in [2.45, 2.75) is 25.3 Å². The molecule has 1 aliphatic rings. The molecule has 1 unspecified atom stereocenters. The van der Waals surface area contributed by atoms with Crippen molar-refractivity contribution < 1.29 is 4.42 Å². The summed E-state index contributed by atoms with van der Waals surface area (Å²) in [4.78, 5) is 6.50. The summed E-state index contributed by atoms with van der Waals surface area (Å²) >= 11 is 0. The van der Waals surface area contributed by atoms with Crippen LogP contribution in [0.1, 0.15) is 31.2 Å². The number of oxazole rings is 1. The van der Waals surface area contributed by atoms with Gasteiger partial charge in [0.05, 0.1) is 12.2 Å². The summed E-state index contributed by atoms with van der Waals surface area (Å²) in [7, 11) is 2.13. The lowest BCUT2D eigenvalue weighted by molar-refractivity contribution is 0.159. The van der Waals surface area contributed by atoms with Crippen LogP contribution in [-0.2, 0) is 0 Å². The molecule has 1 saturated heterocycles. The van der Waals surface area contributed by atoms with Gasteiger partial charge in [-0.15, -0.1) is 0 Å². The molecule has 1 fully saturated rings. The number of hydrogen-bond acceptors (Lipinski definition) is 3. The van der Waals surface area contributed by atoms with E-state index in [0.29, 0.717) is 6.04 Å². The topological polar surface area (TPSA) is 29.3 Å². The Balaban J connectivity index is 2.11. The van der Waals surface area contributed by atoms with E-state index in [1.165, 1.54) is 19.3 Å². The van der Waals surface area contributed by atoms with Gasteiger partial charge in [0.25, 0.3) is 0 Å². The third-order valence-electron chi connectivity index (χ3n) is 2.51. The van der Waals surface area contributed by atoms with Crippen molar-refractivity contribution in [2.75, 3.05) is 13.6 Å². The van der Waals surface area contributed by atoms with Crippen LogP contribution in [0, 0.1) is 0 Å². The van der Waals surface area contributed by atoms with Gasteiger partial charge in [0.2, 0.25) is 5.89 Å². The highest BCUT2D eigenvalue weighted by molar-refractivity contribution is 4.92. The fourth-order valence-electron chi connectivity index (χ4n) is 1.79. The van der Waals surface area contributed by atoms with E-state index in [2.05, 4.69) is 16.9 Å². The van der Waals surface area contributed by atoms with Gasteiger partial charge < -0.3 is 4.42 Å². The van der Waals surface area contributed by atoms with Crippen LogP contribution in [0.2, 0.25) is 0 Å². The highest BCUT2D eigenvalue weighted by Gasteiger charge is 2.23. The van der Waals surface area contributed by atoms with Crippen molar-refractivity contribution in [1.82, 2.24) is 9.88 Å². The Morgan fingerprint density at radius 3 is 3.17 bits per heavy atom. The van der Waals surface area contributed by atoms with Crippen LogP contribution < -0.4 is 0 Å². The van der Waals surface area contributed by atoms with Crippen molar-refractivity contribution in [1.29, 1.82) is 0 Å². The summed E-state index contributed by atoms with van der Waals surface area (Å²) in [5.41, 5.74) is 0. The molecule has 1 aromatic rings. The summed E-state index contributed by atoms with van der Waals surface area (Å²) in [6, 6.07) is 0.411. The van der Waals surface area contributed by atoms with E-state index in [0.717, 1.165) is 12.4 Å². The van der Waals surface area contributed by atoms with Crippen molar-refractivity contribution in [3.63, 3.8) is 0 Å². The summed E-state index contributed by atoms with van der Waals surface area (Å²) in [5.74, 6) is 0.872. The SMILES string of the molecule is CN1CCCCC1c1ncco1. The summed E-state index contributed by atoms with van der Waals surface area (Å²) < 4.78 is 5.29. The van der Waals surface area contributed by atoms with Crippen LogP contribution in [0.5, 0.6) is 0 Å². The second-order valence-corrected chi connectivity index (χ2v) is 3.36. The normalized spacial score (nSPS) is 25.9. The first-order valence-electron chi connectivity index (χ1n) is 4.47. The number of rotatable bonds is 1. The van der Waals surface area contributed by atoms with Gasteiger partial charge in [0, 0.05) is 0 Å². The Kier molecular flexibility index (Phi) is 2.13. The van der Waals surface area contributed by atoms with Gasteiger partial charge in [-0.3, -0.25) is 4.90 Å². The molecule has 2 rings (SSSR count). The maximum atomic E-state index is 5.29. The second kappa shape index (κ2) is 3.27. The first-order chi connectivity index (χ1) is 5.88. The molecular formula is C9H14N2O. The van der Waals surface area contributed by atoms with Gasteiger partial charge in [0.15, 0.2) is 0 Å². The zero-order valence-corrected chi connectivity index (χ0v) is 7.36. The minimum atomic E-state index is 0.411. The molecule has 0 aliphatic carbocycles. The van der Waals surface area contributed by atoms with E-state index in [1.54, 1.807) is 12.5 Å². The maximum Gasteiger partial charge on any atom is 0.211 e. The summed E-state index contributed by atoms with van der Waals surface area (Å²) in [6.45, 7) is 1.16. The Bertz CT molecular complexity index is 233. The number of likely N-dealkylation sites (tertiary alicyclic amines) is 1. The Labute approximate surface area is 72.4 Å². The molecule has 0 spiro atoms. The molecule has 1 atom stereocenters. The fraction of sp³-hybridized carbons (Fsp3) is 0.667. The second-order valence-electron chi connectivity index (χ2n) is 3.36. The van der Waals surface area contributed by atoms with Crippen molar-refractivity contribution in [2.24, 2.45) is 0 Å². The third-order valence-corrected chi connectivity index (χ3v) is 2.51. The van der Waals surface area contributed by atoms with Crippen LogP contribution in [0.4, 0.5) is 0 Å². The van der Waals surface area contributed by atoms with E-state index < -0.39 is 0 Å². The van der Waals surface area contributed by atoms with Crippen molar-refractivity contribution in [3.05, 3.63) is 18.4 Å². The minimum Gasteiger partial charge on any atom is -0.447 e. The molecule has 0 saturated carbocycles.